The maximum atomic E-state index is 13.0. The molecule has 0 aliphatic carbocycles. The number of nitrogens with zero attached hydrogens (tertiary/aromatic N) is 2. The summed E-state index contributed by atoms with van der Waals surface area (Å²) in [6, 6.07) is 12.2. The largest absolute Gasteiger partial charge is 0.490 e. The third-order valence-electron chi connectivity index (χ3n) is 4.57. The SMILES string of the molecule is Cn1cc(C(=O)Nc2cccc(OCC(N)=O)c2)c(-c2ccc3c(c2)OCCCO3)n1. The minimum Gasteiger partial charge on any atom is -0.490 e. The molecule has 1 aliphatic heterocycles. The van der Waals surface area contributed by atoms with E-state index in [4.69, 9.17) is 19.9 Å². The lowest BCUT2D eigenvalue weighted by Crippen LogP contribution is -2.20. The van der Waals surface area contributed by atoms with Gasteiger partial charge in [0.1, 0.15) is 11.4 Å². The first kappa shape index (κ1) is 20.3. The van der Waals surface area contributed by atoms with Crippen molar-refractivity contribution in [2.75, 3.05) is 25.1 Å². The Kier molecular flexibility index (Phi) is 5.74. The summed E-state index contributed by atoms with van der Waals surface area (Å²) in [4.78, 5) is 23.9. The number of hydrogen-bond acceptors (Lipinski definition) is 6. The fraction of sp³-hybridized carbons (Fsp3) is 0.227. The van der Waals surface area contributed by atoms with Crippen molar-refractivity contribution in [3.63, 3.8) is 0 Å². The van der Waals surface area contributed by atoms with Crippen molar-refractivity contribution in [2.45, 2.75) is 6.42 Å². The van der Waals surface area contributed by atoms with Crippen LogP contribution in [0.4, 0.5) is 5.69 Å². The zero-order chi connectivity index (χ0) is 21.8. The van der Waals surface area contributed by atoms with Crippen molar-refractivity contribution in [1.82, 2.24) is 9.78 Å². The van der Waals surface area contributed by atoms with Crippen molar-refractivity contribution in [3.8, 4) is 28.5 Å². The Morgan fingerprint density at radius 1 is 1.16 bits per heavy atom. The molecule has 31 heavy (non-hydrogen) atoms. The lowest BCUT2D eigenvalue weighted by molar-refractivity contribution is -0.119. The standard InChI is InChI=1S/C22H22N4O5/c1-26-12-17(22(28)24-15-4-2-5-16(11-15)31-13-20(23)27)21(25-26)14-6-7-18-19(10-14)30-9-3-8-29-18/h2,4-7,10-12H,3,8-9,13H2,1H3,(H2,23,27)(H,24,28). The highest BCUT2D eigenvalue weighted by Gasteiger charge is 2.20. The minimum absolute atomic E-state index is 0.242. The predicted octanol–water partition coefficient (Wildman–Crippen LogP) is 2.36. The first-order valence-corrected chi connectivity index (χ1v) is 9.76. The van der Waals surface area contributed by atoms with Gasteiger partial charge in [0.2, 0.25) is 0 Å². The van der Waals surface area contributed by atoms with Gasteiger partial charge in [0.05, 0.1) is 18.8 Å². The highest BCUT2D eigenvalue weighted by molar-refractivity contribution is 6.08. The van der Waals surface area contributed by atoms with Gasteiger partial charge in [0, 0.05) is 37.0 Å². The second kappa shape index (κ2) is 8.78. The van der Waals surface area contributed by atoms with E-state index in [2.05, 4.69) is 10.4 Å². The molecule has 2 amide bonds. The Labute approximate surface area is 178 Å². The van der Waals surface area contributed by atoms with Crippen LogP contribution in [0, 0.1) is 0 Å². The van der Waals surface area contributed by atoms with E-state index in [1.54, 1.807) is 42.2 Å². The summed E-state index contributed by atoms with van der Waals surface area (Å²) in [5, 5.41) is 7.30. The number of ether oxygens (including phenoxy) is 3. The quantitative estimate of drug-likeness (QED) is 0.630. The molecule has 3 N–H and O–H groups in total. The van der Waals surface area contributed by atoms with Gasteiger partial charge in [0.25, 0.3) is 11.8 Å². The summed E-state index contributed by atoms with van der Waals surface area (Å²) >= 11 is 0. The highest BCUT2D eigenvalue weighted by atomic mass is 16.5. The first-order chi connectivity index (χ1) is 15.0. The molecule has 160 valence electrons. The lowest BCUT2D eigenvalue weighted by atomic mass is 10.1. The van der Waals surface area contributed by atoms with Crippen molar-refractivity contribution in [3.05, 3.63) is 54.2 Å². The van der Waals surface area contributed by atoms with Crippen molar-refractivity contribution >= 4 is 17.5 Å². The molecule has 3 aromatic rings. The van der Waals surface area contributed by atoms with E-state index < -0.39 is 5.91 Å². The number of carbonyl (C=O) groups is 2. The fourth-order valence-corrected chi connectivity index (χ4v) is 3.19. The monoisotopic (exact) mass is 422 g/mol. The number of fused-ring (bicyclic) bond motifs is 1. The molecular formula is C22H22N4O5. The fourth-order valence-electron chi connectivity index (χ4n) is 3.19. The van der Waals surface area contributed by atoms with Crippen molar-refractivity contribution in [2.24, 2.45) is 12.8 Å². The van der Waals surface area contributed by atoms with Crippen LogP contribution in [0.3, 0.4) is 0 Å². The van der Waals surface area contributed by atoms with Gasteiger partial charge in [-0.15, -0.1) is 0 Å². The average molecular weight is 422 g/mol. The molecule has 0 fully saturated rings. The molecule has 9 heteroatoms. The summed E-state index contributed by atoms with van der Waals surface area (Å²) in [6.07, 6.45) is 2.46. The Morgan fingerprint density at radius 2 is 1.97 bits per heavy atom. The van der Waals surface area contributed by atoms with Crippen LogP contribution in [0.15, 0.2) is 48.7 Å². The van der Waals surface area contributed by atoms with Gasteiger partial charge in [-0.2, -0.15) is 5.10 Å². The van der Waals surface area contributed by atoms with Gasteiger partial charge in [-0.25, -0.2) is 0 Å². The molecule has 0 saturated carbocycles. The number of anilines is 1. The van der Waals surface area contributed by atoms with Crippen LogP contribution in [-0.2, 0) is 11.8 Å². The highest BCUT2D eigenvalue weighted by Crippen LogP contribution is 2.35. The number of primary amides is 1. The van der Waals surface area contributed by atoms with Gasteiger partial charge in [0.15, 0.2) is 18.1 Å². The zero-order valence-corrected chi connectivity index (χ0v) is 17.0. The Hall–Kier alpha value is -4.01. The normalized spacial score (nSPS) is 12.7. The van der Waals surface area contributed by atoms with Crippen LogP contribution >= 0.6 is 0 Å². The number of nitrogens with one attached hydrogen (secondary N) is 1. The van der Waals surface area contributed by atoms with Gasteiger partial charge in [-0.1, -0.05) is 6.07 Å². The van der Waals surface area contributed by atoms with Gasteiger partial charge in [-0.05, 0) is 30.3 Å². The van der Waals surface area contributed by atoms with Crippen LogP contribution < -0.4 is 25.3 Å². The number of rotatable bonds is 6. The summed E-state index contributed by atoms with van der Waals surface area (Å²) in [6.45, 7) is 0.931. The molecule has 9 nitrogen and oxygen atoms in total. The van der Waals surface area contributed by atoms with Crippen LogP contribution in [0.25, 0.3) is 11.3 Å². The van der Waals surface area contributed by atoms with E-state index in [1.165, 1.54) is 0 Å². The molecule has 1 aromatic heterocycles. The molecule has 0 spiro atoms. The summed E-state index contributed by atoms with van der Waals surface area (Å²) in [7, 11) is 1.75. The second-order valence-electron chi connectivity index (χ2n) is 7.01. The van der Waals surface area contributed by atoms with E-state index in [0.29, 0.717) is 47.4 Å². The third-order valence-corrected chi connectivity index (χ3v) is 4.57. The number of aromatic nitrogens is 2. The predicted molar refractivity (Wildman–Crippen MR) is 113 cm³/mol. The molecule has 0 radical (unpaired) electrons. The second-order valence-corrected chi connectivity index (χ2v) is 7.01. The molecule has 2 heterocycles. The van der Waals surface area contributed by atoms with E-state index in [-0.39, 0.29) is 12.5 Å². The smallest absolute Gasteiger partial charge is 0.259 e. The summed E-state index contributed by atoms with van der Waals surface area (Å²) < 4.78 is 18.3. The Bertz CT molecular complexity index is 1120. The summed E-state index contributed by atoms with van der Waals surface area (Å²) in [5.74, 6) is 0.819. The number of hydrogen-bond donors (Lipinski definition) is 2. The number of amides is 2. The number of aryl methyl sites for hydroxylation is 1. The maximum absolute atomic E-state index is 13.0. The maximum Gasteiger partial charge on any atom is 0.259 e. The van der Waals surface area contributed by atoms with Crippen LogP contribution in [0.5, 0.6) is 17.2 Å². The Morgan fingerprint density at radius 3 is 2.77 bits per heavy atom. The van der Waals surface area contributed by atoms with Crippen LogP contribution in [-0.4, -0.2) is 41.4 Å². The van der Waals surface area contributed by atoms with E-state index in [9.17, 15) is 9.59 Å². The van der Waals surface area contributed by atoms with E-state index in [0.717, 1.165) is 12.0 Å². The molecule has 4 rings (SSSR count). The first-order valence-electron chi connectivity index (χ1n) is 9.76. The molecule has 0 saturated heterocycles. The van der Waals surface area contributed by atoms with Gasteiger partial charge >= 0.3 is 0 Å². The lowest BCUT2D eigenvalue weighted by Gasteiger charge is -2.10. The number of benzene rings is 2. The number of carbonyl (C=O) groups excluding carboxylic acids is 2. The molecule has 0 atom stereocenters. The zero-order valence-electron chi connectivity index (χ0n) is 17.0. The molecule has 0 unspecified atom stereocenters. The van der Waals surface area contributed by atoms with Gasteiger partial charge in [-0.3, -0.25) is 14.3 Å². The van der Waals surface area contributed by atoms with Crippen LogP contribution in [0.1, 0.15) is 16.8 Å². The third kappa shape index (κ3) is 4.77. The Balaban J connectivity index is 1.58. The number of nitrogens with two attached hydrogens (primary N) is 1. The van der Waals surface area contributed by atoms with E-state index >= 15 is 0 Å². The molecule has 2 aromatic carbocycles. The molecular weight excluding hydrogens is 400 g/mol. The van der Waals surface area contributed by atoms with Crippen molar-refractivity contribution < 1.29 is 23.8 Å². The topological polar surface area (TPSA) is 118 Å². The molecule has 1 aliphatic rings. The molecule has 0 bridgehead atoms. The van der Waals surface area contributed by atoms with Crippen LogP contribution in [0.2, 0.25) is 0 Å². The van der Waals surface area contributed by atoms with Crippen molar-refractivity contribution in [1.29, 1.82) is 0 Å². The minimum atomic E-state index is -0.579. The average Bonchev–Trinajstić information content (AvgIpc) is 2.99. The summed E-state index contributed by atoms with van der Waals surface area (Å²) in [5.41, 5.74) is 7.29. The van der Waals surface area contributed by atoms with Gasteiger partial charge < -0.3 is 25.3 Å². The van der Waals surface area contributed by atoms with E-state index in [1.807, 2.05) is 18.2 Å².